The van der Waals surface area contributed by atoms with E-state index < -0.39 is 15.8 Å². The van der Waals surface area contributed by atoms with E-state index in [-0.39, 0.29) is 4.90 Å². The van der Waals surface area contributed by atoms with Gasteiger partial charge in [0.2, 0.25) is 0 Å². The van der Waals surface area contributed by atoms with Gasteiger partial charge in [-0.3, -0.25) is 0 Å². The Morgan fingerprint density at radius 2 is 1.82 bits per heavy atom. The lowest BCUT2D eigenvalue weighted by Gasteiger charge is -2.12. The van der Waals surface area contributed by atoms with Gasteiger partial charge in [-0.15, -0.1) is 0 Å². The van der Waals surface area contributed by atoms with E-state index >= 15 is 0 Å². The van der Waals surface area contributed by atoms with Gasteiger partial charge in [0.15, 0.2) is 0 Å². The zero-order valence-corrected chi connectivity index (χ0v) is 19.0. The summed E-state index contributed by atoms with van der Waals surface area (Å²) in [6.07, 6.45) is 9.61. The Morgan fingerprint density at radius 1 is 1.03 bits per heavy atom. The van der Waals surface area contributed by atoms with Crippen molar-refractivity contribution in [1.82, 2.24) is 18.5 Å². The first kappa shape index (κ1) is 20.9. The minimum Gasteiger partial charge on any atom is -0.383 e. The van der Waals surface area contributed by atoms with Crippen LogP contribution in [0.15, 0.2) is 72.1 Å². The summed E-state index contributed by atoms with van der Waals surface area (Å²) in [6, 6.07) is 13.0. The van der Waals surface area contributed by atoms with Crippen LogP contribution in [0, 0.1) is 5.82 Å². The highest BCUT2D eigenvalue weighted by atomic mass is 32.2. The topological polar surface area (TPSA) is 95.8 Å². The van der Waals surface area contributed by atoms with Crippen LogP contribution in [0.25, 0.3) is 33.1 Å². The summed E-state index contributed by atoms with van der Waals surface area (Å²) in [5.74, 6) is -0.368. The molecule has 0 bridgehead atoms. The van der Waals surface area contributed by atoms with Crippen LogP contribution >= 0.6 is 0 Å². The molecule has 34 heavy (non-hydrogen) atoms. The van der Waals surface area contributed by atoms with Crippen LogP contribution < -0.4 is 5.73 Å². The summed E-state index contributed by atoms with van der Waals surface area (Å²) in [5.41, 5.74) is 9.35. The second-order valence-electron chi connectivity index (χ2n) is 8.67. The Hall–Kier alpha value is -3.72. The van der Waals surface area contributed by atoms with Gasteiger partial charge in [0.25, 0.3) is 10.0 Å². The fourth-order valence-electron chi connectivity index (χ4n) is 5.04. The maximum absolute atomic E-state index is 14.3. The average Bonchev–Trinajstić information content (AvgIpc) is 3.57. The largest absolute Gasteiger partial charge is 0.383 e. The van der Waals surface area contributed by atoms with Gasteiger partial charge in [0.05, 0.1) is 10.9 Å². The number of fused-ring (bicyclic) bond motifs is 2. The van der Waals surface area contributed by atoms with Gasteiger partial charge in [-0.05, 0) is 48.7 Å². The molecule has 5 aromatic rings. The number of hydrogen-bond donors (Lipinski definition) is 1. The van der Waals surface area contributed by atoms with E-state index in [1.54, 1.807) is 12.1 Å². The van der Waals surface area contributed by atoms with Gasteiger partial charge in [-0.2, -0.15) is 0 Å². The number of anilines is 1. The summed E-state index contributed by atoms with van der Waals surface area (Å²) in [7, 11) is -4.08. The van der Waals surface area contributed by atoms with Crippen LogP contribution in [0.5, 0.6) is 0 Å². The highest BCUT2D eigenvalue weighted by molar-refractivity contribution is 7.90. The Labute approximate surface area is 195 Å². The first-order chi connectivity index (χ1) is 16.4. The molecule has 0 amide bonds. The van der Waals surface area contributed by atoms with E-state index in [2.05, 4.69) is 20.7 Å². The van der Waals surface area contributed by atoms with Gasteiger partial charge in [0, 0.05) is 29.4 Å². The molecule has 0 spiro atoms. The summed E-state index contributed by atoms with van der Waals surface area (Å²) in [6.45, 7) is 0. The number of halogens is 1. The van der Waals surface area contributed by atoms with Crippen molar-refractivity contribution < 1.29 is 12.8 Å². The van der Waals surface area contributed by atoms with Crippen LogP contribution in [-0.2, 0) is 10.0 Å². The summed E-state index contributed by atoms with van der Waals surface area (Å²) in [4.78, 5) is 8.37. The fraction of sp³-hybridized carbons (Fsp3) is 0.200. The van der Waals surface area contributed by atoms with Gasteiger partial charge < -0.3 is 10.3 Å². The molecule has 6 rings (SSSR count). The standard InChI is InChI=1S/C25H22FN5O2S/c26-20-7-3-4-8-22(20)34(32,33)31-12-11-17-13-16(9-10-21(17)31)19-14-30(18-5-1-2-6-18)25-23(19)24(27)28-15-29-25/h3-4,7-15,18H,1-2,5-6H2,(H2,27,28,29). The number of aromatic nitrogens is 4. The van der Waals surface area contributed by atoms with Crippen molar-refractivity contribution in [2.75, 3.05) is 5.73 Å². The molecular weight excluding hydrogens is 453 g/mol. The molecule has 172 valence electrons. The molecule has 1 saturated carbocycles. The fourth-order valence-corrected chi connectivity index (χ4v) is 6.47. The zero-order valence-electron chi connectivity index (χ0n) is 18.2. The third-order valence-electron chi connectivity index (χ3n) is 6.70. The number of rotatable bonds is 4. The van der Waals surface area contributed by atoms with Gasteiger partial charge in [0.1, 0.15) is 28.5 Å². The van der Waals surface area contributed by atoms with Crippen LogP contribution in [-0.4, -0.2) is 26.9 Å². The van der Waals surface area contributed by atoms with Gasteiger partial charge >= 0.3 is 0 Å². The minimum atomic E-state index is -4.08. The molecule has 7 nitrogen and oxygen atoms in total. The molecule has 0 aliphatic heterocycles. The summed E-state index contributed by atoms with van der Waals surface area (Å²) >= 11 is 0. The van der Waals surface area contributed by atoms with Gasteiger partial charge in [-0.25, -0.2) is 26.7 Å². The number of hydrogen-bond acceptors (Lipinski definition) is 5. The molecule has 0 atom stereocenters. The molecule has 3 aromatic heterocycles. The number of benzene rings is 2. The Bertz CT molecular complexity index is 1670. The first-order valence-corrected chi connectivity index (χ1v) is 12.6. The molecule has 3 heterocycles. The molecule has 1 aliphatic carbocycles. The normalized spacial score (nSPS) is 15.0. The number of nitrogens with zero attached hydrogens (tertiary/aromatic N) is 4. The number of nitrogen functional groups attached to an aromatic ring is 1. The zero-order chi connectivity index (χ0) is 23.4. The van der Waals surface area contributed by atoms with Crippen LogP contribution in [0.3, 0.4) is 0 Å². The smallest absolute Gasteiger partial charge is 0.271 e. The van der Waals surface area contributed by atoms with Crippen LogP contribution in [0.4, 0.5) is 10.2 Å². The Balaban J connectivity index is 1.50. The molecule has 2 aromatic carbocycles. The Kier molecular flexibility index (Phi) is 4.70. The SMILES string of the molecule is Nc1ncnc2c1c(-c1ccc3c(ccn3S(=O)(=O)c3ccccc3F)c1)cn2C1CCCC1. The summed E-state index contributed by atoms with van der Waals surface area (Å²) in [5, 5.41) is 1.52. The molecule has 1 fully saturated rings. The maximum atomic E-state index is 14.3. The van der Waals surface area contributed by atoms with E-state index in [1.165, 1.54) is 43.6 Å². The van der Waals surface area contributed by atoms with Crippen molar-refractivity contribution in [2.24, 2.45) is 0 Å². The average molecular weight is 476 g/mol. The third-order valence-corrected chi connectivity index (χ3v) is 8.42. The van der Waals surface area contributed by atoms with Gasteiger partial charge in [-0.1, -0.05) is 31.0 Å². The maximum Gasteiger partial charge on any atom is 0.271 e. The lowest BCUT2D eigenvalue weighted by Crippen LogP contribution is -2.13. The molecule has 2 N–H and O–H groups in total. The predicted molar refractivity (Wildman–Crippen MR) is 129 cm³/mol. The van der Waals surface area contributed by atoms with Crippen LogP contribution in [0.1, 0.15) is 31.7 Å². The molecule has 0 saturated heterocycles. The lowest BCUT2D eigenvalue weighted by molar-refractivity contribution is 0.532. The van der Waals surface area contributed by atoms with Crippen molar-refractivity contribution >= 4 is 37.8 Å². The van der Waals surface area contributed by atoms with Crippen molar-refractivity contribution in [2.45, 2.75) is 36.6 Å². The second-order valence-corrected chi connectivity index (χ2v) is 10.4. The second kappa shape index (κ2) is 7.66. The predicted octanol–water partition coefficient (Wildman–Crippen LogP) is 5.13. The van der Waals surface area contributed by atoms with Crippen molar-refractivity contribution in [3.05, 3.63) is 73.1 Å². The molecule has 1 aliphatic rings. The van der Waals surface area contributed by atoms with Crippen molar-refractivity contribution in [3.8, 4) is 11.1 Å². The highest BCUT2D eigenvalue weighted by Gasteiger charge is 2.25. The first-order valence-electron chi connectivity index (χ1n) is 11.2. The van der Waals surface area contributed by atoms with E-state index in [9.17, 15) is 12.8 Å². The molecule has 0 unspecified atom stereocenters. The third kappa shape index (κ3) is 3.11. The Morgan fingerprint density at radius 3 is 2.62 bits per heavy atom. The van der Waals surface area contributed by atoms with E-state index in [0.29, 0.717) is 17.4 Å². The summed E-state index contributed by atoms with van der Waals surface area (Å²) < 4.78 is 43.9. The molecular formula is C25H22FN5O2S. The minimum absolute atomic E-state index is 0.360. The van der Waals surface area contributed by atoms with Crippen LogP contribution in [0.2, 0.25) is 0 Å². The quantitative estimate of drug-likeness (QED) is 0.389. The van der Waals surface area contributed by atoms with E-state index in [4.69, 9.17) is 5.73 Å². The number of nitrogens with two attached hydrogens (primary N) is 1. The van der Waals surface area contributed by atoms with E-state index in [0.717, 1.165) is 50.4 Å². The monoisotopic (exact) mass is 475 g/mol. The lowest BCUT2D eigenvalue weighted by atomic mass is 10.0. The van der Waals surface area contributed by atoms with Crippen molar-refractivity contribution in [1.29, 1.82) is 0 Å². The molecule has 0 radical (unpaired) electrons. The molecule has 9 heteroatoms. The van der Waals surface area contributed by atoms with E-state index in [1.807, 2.05) is 12.1 Å². The van der Waals surface area contributed by atoms with Crippen molar-refractivity contribution in [3.63, 3.8) is 0 Å². The highest BCUT2D eigenvalue weighted by Crippen LogP contribution is 2.39.